The molecule has 0 atom stereocenters. The Hall–Kier alpha value is -4.12. The van der Waals surface area contributed by atoms with Crippen molar-refractivity contribution in [2.45, 2.75) is 0 Å². The number of pyridine rings is 3. The summed E-state index contributed by atoms with van der Waals surface area (Å²) in [5.74, 6) is -2.31. The molecule has 0 aliphatic rings. The SMILES string of the molecule is N#Cc1ccnc(-c2cc(C(=O)O)cc(-c3cc(C(=O)O)ccn3)n2)c1. The molecule has 0 amide bonds. The van der Waals surface area contributed by atoms with Gasteiger partial charge in [0.15, 0.2) is 0 Å². The van der Waals surface area contributed by atoms with E-state index in [9.17, 15) is 14.7 Å². The van der Waals surface area contributed by atoms with E-state index in [4.69, 9.17) is 10.4 Å². The van der Waals surface area contributed by atoms with Crippen LogP contribution in [0.1, 0.15) is 26.3 Å². The fourth-order valence-electron chi connectivity index (χ4n) is 2.26. The monoisotopic (exact) mass is 346 g/mol. The second kappa shape index (κ2) is 6.78. The highest BCUT2D eigenvalue weighted by atomic mass is 16.4. The zero-order valence-electron chi connectivity index (χ0n) is 13.1. The molecule has 0 radical (unpaired) electrons. The van der Waals surface area contributed by atoms with E-state index in [0.717, 1.165) is 0 Å². The standard InChI is InChI=1S/C18H10N4O4/c19-9-10-1-3-20-13(5-10)15-7-12(18(25)26)8-16(22-15)14-6-11(17(23)24)2-4-21-14/h1-8H,(H,23,24)(H,25,26). The van der Waals surface area contributed by atoms with Crippen LogP contribution in [-0.4, -0.2) is 37.1 Å². The van der Waals surface area contributed by atoms with Crippen molar-refractivity contribution in [2.24, 2.45) is 0 Å². The van der Waals surface area contributed by atoms with Crippen LogP contribution in [0.3, 0.4) is 0 Å². The molecule has 3 heterocycles. The number of carboxylic acid groups (broad SMARTS) is 2. The van der Waals surface area contributed by atoms with Crippen molar-refractivity contribution in [3.8, 4) is 28.8 Å². The summed E-state index contributed by atoms with van der Waals surface area (Å²) in [6, 6.07) is 10.2. The van der Waals surface area contributed by atoms with Gasteiger partial charge in [0.05, 0.1) is 45.5 Å². The van der Waals surface area contributed by atoms with Crippen LogP contribution < -0.4 is 0 Å². The molecule has 8 heteroatoms. The van der Waals surface area contributed by atoms with Crippen LogP contribution in [0.4, 0.5) is 0 Å². The topological polar surface area (TPSA) is 137 Å². The highest BCUT2D eigenvalue weighted by Crippen LogP contribution is 2.24. The number of nitriles is 1. The average molecular weight is 346 g/mol. The smallest absolute Gasteiger partial charge is 0.335 e. The van der Waals surface area contributed by atoms with E-state index >= 15 is 0 Å². The van der Waals surface area contributed by atoms with Gasteiger partial charge >= 0.3 is 11.9 Å². The fraction of sp³-hybridized carbons (Fsp3) is 0. The Morgan fingerprint density at radius 1 is 0.808 bits per heavy atom. The second-order valence-electron chi connectivity index (χ2n) is 5.21. The maximum Gasteiger partial charge on any atom is 0.335 e. The molecule has 8 nitrogen and oxygen atoms in total. The van der Waals surface area contributed by atoms with Gasteiger partial charge in [-0.15, -0.1) is 0 Å². The van der Waals surface area contributed by atoms with Crippen LogP contribution in [0.25, 0.3) is 22.8 Å². The Bertz CT molecular complexity index is 1070. The molecule has 3 rings (SSSR count). The normalized spacial score (nSPS) is 10.1. The van der Waals surface area contributed by atoms with Gasteiger partial charge in [-0.2, -0.15) is 5.26 Å². The first-order chi connectivity index (χ1) is 12.5. The molecule has 126 valence electrons. The van der Waals surface area contributed by atoms with Gasteiger partial charge in [0, 0.05) is 12.4 Å². The third kappa shape index (κ3) is 3.37. The van der Waals surface area contributed by atoms with Gasteiger partial charge in [0.25, 0.3) is 0 Å². The molecule has 0 spiro atoms. The summed E-state index contributed by atoms with van der Waals surface area (Å²) >= 11 is 0. The number of nitrogens with zero attached hydrogens (tertiary/aromatic N) is 4. The summed E-state index contributed by atoms with van der Waals surface area (Å²) in [5, 5.41) is 27.5. The second-order valence-corrected chi connectivity index (χ2v) is 5.21. The van der Waals surface area contributed by atoms with Crippen LogP contribution in [0.5, 0.6) is 0 Å². The fourth-order valence-corrected chi connectivity index (χ4v) is 2.26. The number of carboxylic acids is 2. The minimum absolute atomic E-state index is 0.00341. The zero-order chi connectivity index (χ0) is 18.7. The van der Waals surface area contributed by atoms with E-state index in [2.05, 4.69) is 15.0 Å². The van der Waals surface area contributed by atoms with Gasteiger partial charge in [-0.05, 0) is 36.4 Å². The molecule has 26 heavy (non-hydrogen) atoms. The molecule has 0 aliphatic heterocycles. The van der Waals surface area contributed by atoms with Gasteiger partial charge in [-0.25, -0.2) is 14.6 Å². The highest BCUT2D eigenvalue weighted by Gasteiger charge is 2.14. The quantitative estimate of drug-likeness (QED) is 0.735. The van der Waals surface area contributed by atoms with Gasteiger partial charge in [-0.3, -0.25) is 9.97 Å². The first-order valence-corrected chi connectivity index (χ1v) is 7.29. The number of hydrogen-bond acceptors (Lipinski definition) is 6. The number of aromatic nitrogens is 3. The number of rotatable bonds is 4. The lowest BCUT2D eigenvalue weighted by Gasteiger charge is -2.07. The van der Waals surface area contributed by atoms with Crippen molar-refractivity contribution in [3.63, 3.8) is 0 Å². The predicted octanol–water partition coefficient (Wildman–Crippen LogP) is 2.47. The lowest BCUT2D eigenvalue weighted by atomic mass is 10.1. The molecule has 0 unspecified atom stereocenters. The zero-order valence-corrected chi connectivity index (χ0v) is 13.1. The Morgan fingerprint density at radius 3 is 1.92 bits per heavy atom. The van der Waals surface area contributed by atoms with Crippen LogP contribution in [0.15, 0.2) is 48.8 Å². The van der Waals surface area contributed by atoms with Crippen LogP contribution in [-0.2, 0) is 0 Å². The number of aromatic carboxylic acids is 2. The molecular weight excluding hydrogens is 336 g/mol. The van der Waals surface area contributed by atoms with E-state index in [0.29, 0.717) is 11.3 Å². The van der Waals surface area contributed by atoms with Crippen molar-refractivity contribution in [1.82, 2.24) is 15.0 Å². The Morgan fingerprint density at radius 2 is 1.35 bits per heavy atom. The minimum atomic E-state index is -1.18. The molecule has 0 bridgehead atoms. The molecule has 0 aliphatic carbocycles. The van der Waals surface area contributed by atoms with Crippen molar-refractivity contribution in [1.29, 1.82) is 5.26 Å². The summed E-state index contributed by atoms with van der Waals surface area (Å²) in [5.41, 5.74) is 1.26. The summed E-state index contributed by atoms with van der Waals surface area (Å²) in [6.07, 6.45) is 2.73. The lowest BCUT2D eigenvalue weighted by Crippen LogP contribution is -2.02. The maximum atomic E-state index is 11.5. The van der Waals surface area contributed by atoms with Gasteiger partial charge < -0.3 is 10.2 Å². The summed E-state index contributed by atoms with van der Waals surface area (Å²) in [7, 11) is 0. The third-order valence-corrected chi connectivity index (χ3v) is 3.49. The first kappa shape index (κ1) is 16.7. The molecule has 2 N–H and O–H groups in total. The predicted molar refractivity (Wildman–Crippen MR) is 89.3 cm³/mol. The van der Waals surface area contributed by atoms with E-state index in [1.165, 1.54) is 48.8 Å². The Kier molecular flexibility index (Phi) is 4.36. The van der Waals surface area contributed by atoms with E-state index in [1.807, 2.05) is 6.07 Å². The first-order valence-electron chi connectivity index (χ1n) is 7.29. The van der Waals surface area contributed by atoms with Crippen LogP contribution in [0, 0.1) is 11.3 Å². The van der Waals surface area contributed by atoms with Crippen molar-refractivity contribution < 1.29 is 19.8 Å². The lowest BCUT2D eigenvalue weighted by molar-refractivity contribution is 0.0686. The Balaban J connectivity index is 2.19. The van der Waals surface area contributed by atoms with E-state index < -0.39 is 11.9 Å². The van der Waals surface area contributed by atoms with Crippen molar-refractivity contribution in [2.75, 3.05) is 0 Å². The number of carbonyl (C=O) groups is 2. The molecule has 0 fully saturated rings. The minimum Gasteiger partial charge on any atom is -0.478 e. The van der Waals surface area contributed by atoms with Crippen molar-refractivity contribution in [3.05, 3.63) is 65.5 Å². The van der Waals surface area contributed by atoms with Gasteiger partial charge in [-0.1, -0.05) is 0 Å². The van der Waals surface area contributed by atoms with Gasteiger partial charge in [0.1, 0.15) is 0 Å². The molecule has 3 aromatic rings. The highest BCUT2D eigenvalue weighted by molar-refractivity contribution is 5.91. The molecule has 3 aromatic heterocycles. The van der Waals surface area contributed by atoms with Crippen LogP contribution >= 0.6 is 0 Å². The number of hydrogen-bond donors (Lipinski definition) is 2. The summed E-state index contributed by atoms with van der Waals surface area (Å²) in [4.78, 5) is 35.1. The molecule has 0 saturated carbocycles. The van der Waals surface area contributed by atoms with E-state index in [1.54, 1.807) is 0 Å². The largest absolute Gasteiger partial charge is 0.478 e. The molecule has 0 saturated heterocycles. The van der Waals surface area contributed by atoms with Crippen LogP contribution in [0.2, 0.25) is 0 Å². The molecule has 0 aromatic carbocycles. The molecular formula is C18H10N4O4. The summed E-state index contributed by atoms with van der Waals surface area (Å²) in [6.45, 7) is 0. The van der Waals surface area contributed by atoms with Gasteiger partial charge in [0.2, 0.25) is 0 Å². The third-order valence-electron chi connectivity index (χ3n) is 3.49. The van der Waals surface area contributed by atoms with E-state index in [-0.39, 0.29) is 28.2 Å². The van der Waals surface area contributed by atoms with Crippen molar-refractivity contribution >= 4 is 11.9 Å². The Labute approximate surface area is 147 Å². The average Bonchev–Trinajstić information content (AvgIpc) is 2.67. The maximum absolute atomic E-state index is 11.5. The summed E-state index contributed by atoms with van der Waals surface area (Å²) < 4.78 is 0.